The Kier molecular flexibility index (Phi) is 5.51. The molecule has 0 saturated carbocycles. The molecule has 2 aromatic heterocycles. The predicted octanol–water partition coefficient (Wildman–Crippen LogP) is 4.82. The highest BCUT2D eigenvalue weighted by Crippen LogP contribution is 2.26. The van der Waals surface area contributed by atoms with Crippen molar-refractivity contribution in [2.24, 2.45) is 0 Å². The molecule has 0 bridgehead atoms. The monoisotopic (exact) mass is 435 g/mol. The molecular weight excluding hydrogens is 414 g/mol. The van der Waals surface area contributed by atoms with Gasteiger partial charge in [-0.1, -0.05) is 47.7 Å². The van der Waals surface area contributed by atoms with E-state index in [0.717, 1.165) is 28.8 Å². The van der Waals surface area contributed by atoms with Crippen LogP contribution in [0, 0.1) is 6.92 Å². The molecule has 7 heteroatoms. The fourth-order valence-electron chi connectivity index (χ4n) is 3.56. The average molecular weight is 435 g/mol. The Morgan fingerprint density at radius 2 is 1.70 bits per heavy atom. The van der Waals surface area contributed by atoms with Crippen molar-refractivity contribution in [1.29, 1.82) is 0 Å². The summed E-state index contributed by atoms with van der Waals surface area (Å²) >= 11 is 0. The summed E-state index contributed by atoms with van der Waals surface area (Å²) < 4.78 is 9.39. The Bertz CT molecular complexity index is 1410. The van der Waals surface area contributed by atoms with Gasteiger partial charge in [0.2, 0.25) is 0 Å². The van der Waals surface area contributed by atoms with Gasteiger partial charge in [-0.05, 0) is 48.9 Å². The van der Waals surface area contributed by atoms with E-state index >= 15 is 0 Å². The number of aldehydes is 1. The standard InChI is InChI=1S/C26H21N5O2/c1-19-7-5-11-24(13-19)31-16-22(27-29-31)18-33-25-12-6-8-20(14-25)26-21(17-32)15-30(28-26)23-9-3-2-4-10-23/h2-17H,18H2,1H3. The fourth-order valence-corrected chi connectivity index (χ4v) is 3.56. The Morgan fingerprint density at radius 1 is 0.879 bits per heavy atom. The molecule has 5 rings (SSSR count). The van der Waals surface area contributed by atoms with E-state index in [9.17, 15) is 4.79 Å². The van der Waals surface area contributed by atoms with E-state index in [1.54, 1.807) is 15.6 Å². The Balaban J connectivity index is 1.34. The topological polar surface area (TPSA) is 74.8 Å². The molecule has 33 heavy (non-hydrogen) atoms. The van der Waals surface area contributed by atoms with Gasteiger partial charge in [-0.15, -0.1) is 5.10 Å². The van der Waals surface area contributed by atoms with Crippen molar-refractivity contribution in [2.45, 2.75) is 13.5 Å². The van der Waals surface area contributed by atoms with Crippen molar-refractivity contribution in [2.75, 3.05) is 0 Å². The van der Waals surface area contributed by atoms with E-state index in [0.29, 0.717) is 22.7 Å². The van der Waals surface area contributed by atoms with E-state index in [-0.39, 0.29) is 6.61 Å². The number of hydrogen-bond acceptors (Lipinski definition) is 5. The zero-order chi connectivity index (χ0) is 22.6. The maximum Gasteiger partial charge on any atom is 0.153 e. The summed E-state index contributed by atoms with van der Waals surface area (Å²) in [4.78, 5) is 11.7. The first kappa shape index (κ1) is 20.4. The second-order valence-electron chi connectivity index (χ2n) is 7.64. The van der Waals surface area contributed by atoms with Gasteiger partial charge in [0.1, 0.15) is 23.7 Å². The number of para-hydroxylation sites is 1. The maximum atomic E-state index is 11.7. The number of hydrogen-bond donors (Lipinski definition) is 0. The summed E-state index contributed by atoms with van der Waals surface area (Å²) in [5.74, 6) is 0.656. The molecule has 7 nitrogen and oxygen atoms in total. The molecule has 0 N–H and O–H groups in total. The van der Waals surface area contributed by atoms with Crippen LogP contribution in [0.1, 0.15) is 21.6 Å². The molecule has 0 aliphatic rings. The highest BCUT2D eigenvalue weighted by Gasteiger charge is 2.13. The highest BCUT2D eigenvalue weighted by atomic mass is 16.5. The highest BCUT2D eigenvalue weighted by molar-refractivity contribution is 5.85. The van der Waals surface area contributed by atoms with Crippen LogP contribution in [-0.2, 0) is 6.61 Å². The number of nitrogens with zero attached hydrogens (tertiary/aromatic N) is 5. The first-order valence-corrected chi connectivity index (χ1v) is 10.5. The van der Waals surface area contributed by atoms with Crippen LogP contribution in [0.3, 0.4) is 0 Å². The molecule has 0 unspecified atom stereocenters. The van der Waals surface area contributed by atoms with Crippen LogP contribution in [0.5, 0.6) is 5.75 Å². The van der Waals surface area contributed by atoms with Gasteiger partial charge in [-0.3, -0.25) is 4.79 Å². The third-order valence-corrected chi connectivity index (χ3v) is 5.19. The van der Waals surface area contributed by atoms with Crippen LogP contribution >= 0.6 is 0 Å². The van der Waals surface area contributed by atoms with Crippen LogP contribution in [0.2, 0.25) is 0 Å². The van der Waals surface area contributed by atoms with Crippen LogP contribution in [0.4, 0.5) is 0 Å². The predicted molar refractivity (Wildman–Crippen MR) is 125 cm³/mol. The van der Waals surface area contributed by atoms with Crippen molar-refractivity contribution in [3.63, 3.8) is 0 Å². The lowest BCUT2D eigenvalue weighted by molar-refractivity contribution is 0.112. The van der Waals surface area contributed by atoms with E-state index in [2.05, 4.69) is 15.4 Å². The van der Waals surface area contributed by atoms with Crippen molar-refractivity contribution in [3.05, 3.63) is 108 Å². The van der Waals surface area contributed by atoms with Crippen LogP contribution < -0.4 is 4.74 Å². The van der Waals surface area contributed by atoms with Gasteiger partial charge >= 0.3 is 0 Å². The normalized spacial score (nSPS) is 10.8. The number of rotatable bonds is 7. The van der Waals surface area contributed by atoms with Gasteiger partial charge < -0.3 is 4.74 Å². The molecule has 0 radical (unpaired) electrons. The number of benzene rings is 3. The van der Waals surface area contributed by atoms with Gasteiger partial charge in [0, 0.05) is 11.8 Å². The summed E-state index contributed by atoms with van der Waals surface area (Å²) in [7, 11) is 0. The lowest BCUT2D eigenvalue weighted by atomic mass is 10.1. The zero-order valence-electron chi connectivity index (χ0n) is 18.0. The fraction of sp³-hybridized carbons (Fsp3) is 0.0769. The molecule has 0 fully saturated rings. The second kappa shape index (κ2) is 8.92. The van der Waals surface area contributed by atoms with E-state index in [1.807, 2.05) is 92.0 Å². The van der Waals surface area contributed by atoms with E-state index in [1.165, 1.54) is 0 Å². The van der Waals surface area contributed by atoms with E-state index < -0.39 is 0 Å². The van der Waals surface area contributed by atoms with Gasteiger partial charge in [0.15, 0.2) is 6.29 Å². The average Bonchev–Trinajstić information content (AvgIpc) is 3.51. The molecule has 0 saturated heterocycles. The third kappa shape index (κ3) is 4.43. The Labute approximate surface area is 190 Å². The lowest BCUT2D eigenvalue weighted by Crippen LogP contribution is -1.97. The third-order valence-electron chi connectivity index (χ3n) is 5.19. The van der Waals surface area contributed by atoms with E-state index in [4.69, 9.17) is 4.74 Å². The zero-order valence-corrected chi connectivity index (χ0v) is 18.0. The molecule has 0 atom stereocenters. The van der Waals surface area contributed by atoms with Crippen molar-refractivity contribution < 1.29 is 9.53 Å². The quantitative estimate of drug-likeness (QED) is 0.343. The van der Waals surface area contributed by atoms with Crippen LogP contribution in [-0.4, -0.2) is 31.1 Å². The number of aryl methyl sites for hydroxylation is 1. The van der Waals surface area contributed by atoms with Crippen molar-refractivity contribution in [1.82, 2.24) is 24.8 Å². The van der Waals surface area contributed by atoms with Gasteiger partial charge in [0.25, 0.3) is 0 Å². The maximum absolute atomic E-state index is 11.7. The minimum absolute atomic E-state index is 0.272. The smallest absolute Gasteiger partial charge is 0.153 e. The summed E-state index contributed by atoms with van der Waals surface area (Å²) in [6.07, 6.45) is 4.40. The van der Waals surface area contributed by atoms with Crippen LogP contribution in [0.25, 0.3) is 22.6 Å². The number of carbonyl (C=O) groups excluding carboxylic acids is 1. The molecular formula is C26H21N5O2. The Hall–Kier alpha value is -4.52. The SMILES string of the molecule is Cc1cccc(-n2cc(COc3cccc(-c4nn(-c5ccccc5)cc4C=O)c3)nn2)c1. The molecule has 0 spiro atoms. The number of ether oxygens (including phenoxy) is 1. The second-order valence-corrected chi connectivity index (χ2v) is 7.64. The first-order valence-electron chi connectivity index (χ1n) is 10.5. The number of carbonyl (C=O) groups is 1. The first-order chi connectivity index (χ1) is 16.2. The summed E-state index contributed by atoms with van der Waals surface area (Å²) in [6, 6.07) is 25.3. The molecule has 162 valence electrons. The van der Waals surface area contributed by atoms with Gasteiger partial charge in [-0.2, -0.15) is 5.10 Å². The number of aromatic nitrogens is 5. The summed E-state index contributed by atoms with van der Waals surface area (Å²) in [6.45, 7) is 2.31. The van der Waals surface area contributed by atoms with Crippen LogP contribution in [0.15, 0.2) is 91.3 Å². The molecule has 3 aromatic carbocycles. The molecule has 2 heterocycles. The van der Waals surface area contributed by atoms with Crippen molar-refractivity contribution in [3.8, 4) is 28.4 Å². The minimum atomic E-state index is 0.272. The van der Waals surface area contributed by atoms with Crippen molar-refractivity contribution >= 4 is 6.29 Å². The molecule has 5 aromatic rings. The summed E-state index contributed by atoms with van der Waals surface area (Å²) in [5, 5.41) is 13.0. The lowest BCUT2D eigenvalue weighted by Gasteiger charge is -2.06. The molecule has 0 aliphatic carbocycles. The largest absolute Gasteiger partial charge is 0.487 e. The molecule has 0 amide bonds. The minimum Gasteiger partial charge on any atom is -0.487 e. The molecule has 0 aliphatic heterocycles. The van der Waals surface area contributed by atoms with Gasteiger partial charge in [-0.25, -0.2) is 9.36 Å². The summed E-state index contributed by atoms with van der Waals surface area (Å²) in [5.41, 5.74) is 5.61. The van der Waals surface area contributed by atoms with Gasteiger partial charge in [0.05, 0.1) is 23.1 Å². The Morgan fingerprint density at radius 3 is 2.52 bits per heavy atom.